The molecule has 0 unspecified atom stereocenters. The van der Waals surface area contributed by atoms with E-state index in [0.29, 0.717) is 5.95 Å². The predicted molar refractivity (Wildman–Crippen MR) is 96.0 cm³/mol. The molecular weight excluding hydrogens is 342 g/mol. The molecule has 22 heavy (non-hydrogen) atoms. The molecule has 2 aromatic rings. The van der Waals surface area contributed by atoms with Crippen molar-refractivity contribution in [3.8, 4) is 0 Å². The number of aryl methyl sites for hydroxylation is 2. The third-order valence-electron chi connectivity index (χ3n) is 3.14. The molecule has 0 fully saturated rings. The molecule has 0 aliphatic heterocycles. The number of benzene rings is 1. The first kappa shape index (κ1) is 16.7. The van der Waals surface area contributed by atoms with E-state index in [2.05, 4.69) is 54.4 Å². The van der Waals surface area contributed by atoms with Gasteiger partial charge in [-0.3, -0.25) is 0 Å². The van der Waals surface area contributed by atoms with Crippen LogP contribution >= 0.6 is 15.9 Å². The van der Waals surface area contributed by atoms with Crippen LogP contribution in [0.3, 0.4) is 0 Å². The molecule has 6 heteroatoms. The molecule has 0 saturated carbocycles. The number of halogens is 1. The SMILES string of the molecule is Cc1cc(Nc2ccc(C)c(Br)c2)nc(NCCN(C)C)n1. The van der Waals surface area contributed by atoms with E-state index >= 15 is 0 Å². The number of hydrogen-bond acceptors (Lipinski definition) is 5. The summed E-state index contributed by atoms with van der Waals surface area (Å²) >= 11 is 3.55. The van der Waals surface area contributed by atoms with Crippen LogP contribution < -0.4 is 10.6 Å². The Morgan fingerprint density at radius 2 is 1.91 bits per heavy atom. The zero-order valence-electron chi connectivity index (χ0n) is 13.4. The molecule has 2 rings (SSSR count). The first-order valence-electron chi connectivity index (χ1n) is 7.21. The molecule has 118 valence electrons. The van der Waals surface area contributed by atoms with Crippen LogP contribution in [0, 0.1) is 13.8 Å². The first-order valence-corrected chi connectivity index (χ1v) is 8.01. The normalized spacial score (nSPS) is 10.8. The van der Waals surface area contributed by atoms with Gasteiger partial charge >= 0.3 is 0 Å². The van der Waals surface area contributed by atoms with E-state index in [-0.39, 0.29) is 0 Å². The Kier molecular flexibility index (Phi) is 5.74. The topological polar surface area (TPSA) is 53.1 Å². The summed E-state index contributed by atoms with van der Waals surface area (Å²) in [5.74, 6) is 1.44. The van der Waals surface area contributed by atoms with Crippen LogP contribution in [-0.2, 0) is 0 Å². The van der Waals surface area contributed by atoms with Crippen LogP contribution in [0.1, 0.15) is 11.3 Å². The highest BCUT2D eigenvalue weighted by Crippen LogP contribution is 2.23. The zero-order valence-corrected chi connectivity index (χ0v) is 15.0. The molecule has 0 saturated heterocycles. The van der Waals surface area contributed by atoms with Crippen LogP contribution in [-0.4, -0.2) is 42.1 Å². The maximum Gasteiger partial charge on any atom is 0.224 e. The summed E-state index contributed by atoms with van der Waals surface area (Å²) in [6.07, 6.45) is 0. The van der Waals surface area contributed by atoms with E-state index in [1.807, 2.05) is 39.2 Å². The van der Waals surface area contributed by atoms with Gasteiger partial charge in [0.2, 0.25) is 5.95 Å². The molecule has 0 aliphatic rings. The van der Waals surface area contributed by atoms with Crippen molar-refractivity contribution < 1.29 is 0 Å². The van der Waals surface area contributed by atoms with Gasteiger partial charge in [-0.25, -0.2) is 4.98 Å². The van der Waals surface area contributed by atoms with Gasteiger partial charge in [0.15, 0.2) is 0 Å². The Morgan fingerprint density at radius 1 is 1.14 bits per heavy atom. The van der Waals surface area contributed by atoms with Crippen molar-refractivity contribution in [2.24, 2.45) is 0 Å². The molecule has 0 spiro atoms. The van der Waals surface area contributed by atoms with Gasteiger partial charge in [0.05, 0.1) is 0 Å². The van der Waals surface area contributed by atoms with Crippen LogP contribution in [0.5, 0.6) is 0 Å². The smallest absolute Gasteiger partial charge is 0.224 e. The highest BCUT2D eigenvalue weighted by Gasteiger charge is 2.04. The summed E-state index contributed by atoms with van der Waals surface area (Å²) in [7, 11) is 4.09. The lowest BCUT2D eigenvalue weighted by atomic mass is 10.2. The second-order valence-electron chi connectivity index (χ2n) is 5.54. The summed E-state index contributed by atoms with van der Waals surface area (Å²) < 4.78 is 1.08. The lowest BCUT2D eigenvalue weighted by molar-refractivity contribution is 0.425. The number of likely N-dealkylation sites (N-methyl/N-ethyl adjacent to an activating group) is 1. The number of rotatable bonds is 6. The quantitative estimate of drug-likeness (QED) is 0.821. The molecule has 0 atom stereocenters. The predicted octanol–water partition coefficient (Wildman–Crippen LogP) is 3.57. The lowest BCUT2D eigenvalue weighted by Crippen LogP contribution is -2.21. The summed E-state index contributed by atoms with van der Waals surface area (Å²) in [6, 6.07) is 8.09. The molecule has 0 radical (unpaired) electrons. The molecule has 0 amide bonds. The van der Waals surface area contributed by atoms with Crippen molar-refractivity contribution in [3.05, 3.63) is 40.0 Å². The van der Waals surface area contributed by atoms with E-state index in [4.69, 9.17) is 0 Å². The number of nitrogens with one attached hydrogen (secondary N) is 2. The molecule has 0 bridgehead atoms. The Labute approximate surface area is 140 Å². The van der Waals surface area contributed by atoms with E-state index in [1.54, 1.807) is 0 Å². The average Bonchev–Trinajstić information content (AvgIpc) is 2.42. The summed E-state index contributed by atoms with van der Waals surface area (Å²) in [5, 5.41) is 6.57. The minimum Gasteiger partial charge on any atom is -0.353 e. The van der Waals surface area contributed by atoms with Gasteiger partial charge in [-0.1, -0.05) is 22.0 Å². The monoisotopic (exact) mass is 363 g/mol. The second kappa shape index (κ2) is 7.56. The number of aromatic nitrogens is 2. The van der Waals surface area contributed by atoms with E-state index < -0.39 is 0 Å². The third-order valence-corrected chi connectivity index (χ3v) is 3.99. The first-order chi connectivity index (χ1) is 10.4. The third kappa shape index (κ3) is 4.96. The Morgan fingerprint density at radius 3 is 2.59 bits per heavy atom. The van der Waals surface area contributed by atoms with Gasteiger partial charge in [-0.15, -0.1) is 0 Å². The molecule has 2 N–H and O–H groups in total. The number of hydrogen-bond donors (Lipinski definition) is 2. The van der Waals surface area contributed by atoms with Crippen LogP contribution in [0.2, 0.25) is 0 Å². The second-order valence-corrected chi connectivity index (χ2v) is 6.39. The van der Waals surface area contributed by atoms with Crippen molar-refractivity contribution in [3.63, 3.8) is 0 Å². The van der Waals surface area contributed by atoms with Crippen LogP contribution in [0.25, 0.3) is 0 Å². The fourth-order valence-electron chi connectivity index (χ4n) is 1.92. The lowest BCUT2D eigenvalue weighted by Gasteiger charge is -2.12. The van der Waals surface area contributed by atoms with Crippen molar-refractivity contribution >= 4 is 33.4 Å². The fourth-order valence-corrected chi connectivity index (χ4v) is 2.30. The standard InChI is InChI=1S/C16H22BrN5/c1-11-5-6-13(10-14(11)17)20-15-9-12(2)19-16(21-15)18-7-8-22(3)4/h5-6,9-10H,7-8H2,1-4H3,(H2,18,19,20,21). The van der Waals surface area contributed by atoms with Crippen LogP contribution in [0.4, 0.5) is 17.5 Å². The van der Waals surface area contributed by atoms with Gasteiger partial charge in [-0.2, -0.15) is 4.98 Å². The van der Waals surface area contributed by atoms with Crippen molar-refractivity contribution in [2.45, 2.75) is 13.8 Å². The summed E-state index contributed by atoms with van der Waals surface area (Å²) in [5.41, 5.74) is 3.13. The van der Waals surface area contributed by atoms with Gasteiger partial charge in [-0.05, 0) is 45.6 Å². The average molecular weight is 364 g/mol. The van der Waals surface area contributed by atoms with Crippen molar-refractivity contribution in [1.29, 1.82) is 0 Å². The van der Waals surface area contributed by atoms with Gasteiger partial charge in [0.1, 0.15) is 5.82 Å². The number of nitrogens with zero attached hydrogens (tertiary/aromatic N) is 3. The highest BCUT2D eigenvalue weighted by atomic mass is 79.9. The largest absolute Gasteiger partial charge is 0.353 e. The maximum atomic E-state index is 4.51. The highest BCUT2D eigenvalue weighted by molar-refractivity contribution is 9.10. The Hall–Kier alpha value is -1.66. The Balaban J connectivity index is 2.10. The molecule has 1 aromatic carbocycles. The molecule has 1 heterocycles. The van der Waals surface area contributed by atoms with Crippen molar-refractivity contribution in [1.82, 2.24) is 14.9 Å². The molecule has 0 aliphatic carbocycles. The molecule has 1 aromatic heterocycles. The van der Waals surface area contributed by atoms with Crippen LogP contribution in [0.15, 0.2) is 28.7 Å². The minimum absolute atomic E-state index is 0.649. The molecule has 5 nitrogen and oxygen atoms in total. The van der Waals surface area contributed by atoms with Gasteiger partial charge in [0.25, 0.3) is 0 Å². The molecular formula is C16H22BrN5. The van der Waals surface area contributed by atoms with Crippen molar-refractivity contribution in [2.75, 3.05) is 37.8 Å². The summed E-state index contributed by atoms with van der Waals surface area (Å²) in [6.45, 7) is 5.78. The van der Waals surface area contributed by atoms with E-state index in [1.165, 1.54) is 5.56 Å². The van der Waals surface area contributed by atoms with E-state index in [9.17, 15) is 0 Å². The van der Waals surface area contributed by atoms with Gasteiger partial charge < -0.3 is 15.5 Å². The number of anilines is 3. The minimum atomic E-state index is 0.649. The van der Waals surface area contributed by atoms with E-state index in [0.717, 1.165) is 34.8 Å². The fraction of sp³-hybridized carbons (Fsp3) is 0.375. The zero-order chi connectivity index (χ0) is 16.1. The Bertz CT molecular complexity index is 642. The maximum absolute atomic E-state index is 4.51. The summed E-state index contributed by atoms with van der Waals surface area (Å²) in [4.78, 5) is 11.0. The van der Waals surface area contributed by atoms with Gasteiger partial charge in [0, 0.05) is 35.0 Å².